The van der Waals surface area contributed by atoms with Crippen molar-refractivity contribution in [3.8, 4) is 0 Å². The van der Waals surface area contributed by atoms with Gasteiger partial charge in [-0.05, 0) is 42.0 Å². The second-order valence-corrected chi connectivity index (χ2v) is 6.07. The van der Waals surface area contributed by atoms with E-state index in [0.29, 0.717) is 0 Å². The van der Waals surface area contributed by atoms with E-state index in [1.165, 1.54) is 5.56 Å². The van der Waals surface area contributed by atoms with Gasteiger partial charge < -0.3 is 4.42 Å². The minimum absolute atomic E-state index is 0.0505. The monoisotopic (exact) mass is 328 g/mol. The molecule has 1 atom stereocenters. The van der Waals surface area contributed by atoms with E-state index >= 15 is 0 Å². The highest BCUT2D eigenvalue weighted by atomic mass is 16.3. The lowest BCUT2D eigenvalue weighted by molar-refractivity contribution is 0.0309. The predicted octanol–water partition coefficient (Wildman–Crippen LogP) is 4.04. The van der Waals surface area contributed by atoms with Crippen LogP contribution in [0.3, 0.4) is 0 Å². The molecule has 0 spiro atoms. The number of hydrazine groups is 1. The standard InChI is InChI=1S/C20H16N4O/c1-2-5-18-16(4-1)12-19(25-18)17-13-22-20-6-3-11-23(24(17)20)14-15-7-9-21-10-8-15/h1-13,17H,14H2. The second kappa shape index (κ2) is 5.63. The maximum Gasteiger partial charge on any atom is 0.147 e. The van der Waals surface area contributed by atoms with E-state index in [2.05, 4.69) is 38.3 Å². The molecule has 122 valence electrons. The summed E-state index contributed by atoms with van der Waals surface area (Å²) in [4.78, 5) is 8.66. The molecular weight excluding hydrogens is 312 g/mol. The first-order valence-corrected chi connectivity index (χ1v) is 8.24. The lowest BCUT2D eigenvalue weighted by Gasteiger charge is -2.37. The fourth-order valence-corrected chi connectivity index (χ4v) is 3.27. The maximum atomic E-state index is 6.08. The van der Waals surface area contributed by atoms with Crippen molar-refractivity contribution >= 4 is 17.2 Å². The number of aliphatic imine (C=N–C) groups is 1. The van der Waals surface area contributed by atoms with Gasteiger partial charge in [0.05, 0.1) is 6.54 Å². The van der Waals surface area contributed by atoms with Crippen molar-refractivity contribution in [3.63, 3.8) is 0 Å². The molecule has 3 aromatic rings. The summed E-state index contributed by atoms with van der Waals surface area (Å²) in [5, 5.41) is 5.43. The molecule has 0 radical (unpaired) electrons. The molecule has 0 fully saturated rings. The molecule has 0 bridgehead atoms. The molecule has 2 aliphatic heterocycles. The number of benzene rings is 1. The molecule has 1 aromatic carbocycles. The number of hydrogen-bond acceptors (Lipinski definition) is 5. The number of para-hydroxylation sites is 1. The largest absolute Gasteiger partial charge is 0.458 e. The normalized spacial score (nSPS) is 18.7. The topological polar surface area (TPSA) is 44.9 Å². The van der Waals surface area contributed by atoms with Crippen LogP contribution in [0.15, 0.2) is 88.4 Å². The summed E-state index contributed by atoms with van der Waals surface area (Å²) in [6.07, 6.45) is 11.7. The zero-order valence-corrected chi connectivity index (χ0v) is 13.5. The van der Waals surface area contributed by atoms with Gasteiger partial charge in [-0.1, -0.05) is 18.2 Å². The van der Waals surface area contributed by atoms with Gasteiger partial charge in [0.1, 0.15) is 23.2 Å². The first-order valence-electron chi connectivity index (χ1n) is 8.24. The minimum atomic E-state index is -0.0505. The van der Waals surface area contributed by atoms with E-state index in [0.717, 1.165) is 29.1 Å². The Labute approximate surface area is 145 Å². The number of pyridine rings is 1. The van der Waals surface area contributed by atoms with Gasteiger partial charge in [-0.3, -0.25) is 15.0 Å². The number of hydrogen-bond donors (Lipinski definition) is 0. The van der Waals surface area contributed by atoms with Crippen LogP contribution in [0.5, 0.6) is 0 Å². The molecule has 25 heavy (non-hydrogen) atoms. The van der Waals surface area contributed by atoms with Crippen LogP contribution in [-0.2, 0) is 6.54 Å². The van der Waals surface area contributed by atoms with Gasteiger partial charge in [-0.2, -0.15) is 0 Å². The fourth-order valence-electron chi connectivity index (χ4n) is 3.27. The first-order chi connectivity index (χ1) is 12.4. The summed E-state index contributed by atoms with van der Waals surface area (Å²) in [6, 6.07) is 14.2. The zero-order chi connectivity index (χ0) is 16.6. The fraction of sp³-hybridized carbons (Fsp3) is 0.100. The summed E-state index contributed by atoms with van der Waals surface area (Å²) in [6.45, 7) is 0.746. The molecular formula is C20H16N4O. The average molecular weight is 328 g/mol. The van der Waals surface area contributed by atoms with E-state index in [1.807, 2.05) is 61.1 Å². The summed E-state index contributed by atoms with van der Waals surface area (Å²) in [5.74, 6) is 1.81. The molecule has 1 unspecified atom stereocenters. The van der Waals surface area contributed by atoms with Crippen LogP contribution in [-0.4, -0.2) is 21.2 Å². The van der Waals surface area contributed by atoms with E-state index in [-0.39, 0.29) is 6.04 Å². The Morgan fingerprint density at radius 3 is 2.84 bits per heavy atom. The zero-order valence-electron chi connectivity index (χ0n) is 13.5. The predicted molar refractivity (Wildman–Crippen MR) is 96.3 cm³/mol. The highest BCUT2D eigenvalue weighted by Crippen LogP contribution is 2.36. The minimum Gasteiger partial charge on any atom is -0.458 e. The van der Waals surface area contributed by atoms with Gasteiger partial charge in [0.2, 0.25) is 0 Å². The number of fused-ring (bicyclic) bond motifs is 2. The average Bonchev–Trinajstić information content (AvgIpc) is 3.27. The van der Waals surface area contributed by atoms with Crippen molar-refractivity contribution in [2.45, 2.75) is 12.6 Å². The molecule has 2 aliphatic rings. The molecule has 0 saturated carbocycles. The first kappa shape index (κ1) is 14.0. The molecule has 5 heteroatoms. The number of nitrogens with zero attached hydrogens (tertiary/aromatic N) is 4. The Kier molecular flexibility index (Phi) is 3.16. The molecule has 0 saturated heterocycles. The second-order valence-electron chi connectivity index (χ2n) is 6.07. The molecule has 5 nitrogen and oxygen atoms in total. The van der Waals surface area contributed by atoms with Gasteiger partial charge in [-0.25, -0.2) is 4.99 Å². The third kappa shape index (κ3) is 2.41. The maximum absolute atomic E-state index is 6.08. The van der Waals surface area contributed by atoms with Crippen LogP contribution in [0.4, 0.5) is 0 Å². The lowest BCUT2D eigenvalue weighted by Crippen LogP contribution is -2.39. The van der Waals surface area contributed by atoms with Crippen LogP contribution >= 0.6 is 0 Å². The Hall–Kier alpha value is -3.34. The Balaban J connectivity index is 1.49. The lowest BCUT2D eigenvalue weighted by atomic mass is 10.2. The molecule has 0 N–H and O–H groups in total. The quantitative estimate of drug-likeness (QED) is 0.728. The number of aromatic nitrogens is 1. The van der Waals surface area contributed by atoms with Crippen LogP contribution in [0.2, 0.25) is 0 Å². The van der Waals surface area contributed by atoms with Crippen molar-refractivity contribution in [2.75, 3.05) is 0 Å². The number of allylic oxidation sites excluding steroid dienone is 2. The number of furan rings is 1. The van der Waals surface area contributed by atoms with Crippen LogP contribution in [0, 0.1) is 0 Å². The SMILES string of the molecule is C1=CN(Cc2ccncc2)N2C(=C1)N=CC2c1cc2ccccc2o1. The van der Waals surface area contributed by atoms with Gasteiger partial charge in [0.25, 0.3) is 0 Å². The Morgan fingerprint density at radius 2 is 1.96 bits per heavy atom. The number of rotatable bonds is 3. The summed E-state index contributed by atoms with van der Waals surface area (Å²) < 4.78 is 6.08. The highest BCUT2D eigenvalue weighted by Gasteiger charge is 2.33. The van der Waals surface area contributed by atoms with Gasteiger partial charge in [0.15, 0.2) is 0 Å². The third-order valence-electron chi connectivity index (χ3n) is 4.46. The summed E-state index contributed by atoms with van der Waals surface area (Å²) in [7, 11) is 0. The van der Waals surface area contributed by atoms with Crippen LogP contribution in [0.1, 0.15) is 17.4 Å². The van der Waals surface area contributed by atoms with Crippen molar-refractivity contribution in [1.82, 2.24) is 15.0 Å². The van der Waals surface area contributed by atoms with E-state index < -0.39 is 0 Å². The molecule has 0 aliphatic carbocycles. The summed E-state index contributed by atoms with van der Waals surface area (Å²) in [5.41, 5.74) is 2.09. The molecule has 4 heterocycles. The third-order valence-corrected chi connectivity index (χ3v) is 4.46. The molecule has 0 amide bonds. The van der Waals surface area contributed by atoms with Crippen LogP contribution in [0.25, 0.3) is 11.0 Å². The Morgan fingerprint density at radius 1 is 1.08 bits per heavy atom. The van der Waals surface area contributed by atoms with E-state index in [4.69, 9.17) is 4.42 Å². The summed E-state index contributed by atoms with van der Waals surface area (Å²) >= 11 is 0. The van der Waals surface area contributed by atoms with E-state index in [9.17, 15) is 0 Å². The van der Waals surface area contributed by atoms with Crippen molar-refractivity contribution in [2.24, 2.45) is 4.99 Å². The van der Waals surface area contributed by atoms with Gasteiger partial charge in [0, 0.05) is 30.2 Å². The van der Waals surface area contributed by atoms with Crippen LogP contribution < -0.4 is 0 Å². The van der Waals surface area contributed by atoms with Gasteiger partial charge in [-0.15, -0.1) is 0 Å². The van der Waals surface area contributed by atoms with Crippen molar-refractivity contribution in [1.29, 1.82) is 0 Å². The smallest absolute Gasteiger partial charge is 0.147 e. The van der Waals surface area contributed by atoms with Crippen molar-refractivity contribution < 1.29 is 4.42 Å². The molecule has 2 aromatic heterocycles. The van der Waals surface area contributed by atoms with E-state index in [1.54, 1.807) is 0 Å². The van der Waals surface area contributed by atoms with Crippen molar-refractivity contribution in [3.05, 3.63) is 90.4 Å². The highest BCUT2D eigenvalue weighted by molar-refractivity contribution is 5.80. The Bertz CT molecular complexity index is 970. The van der Waals surface area contributed by atoms with Gasteiger partial charge >= 0.3 is 0 Å². The molecule has 5 rings (SSSR count).